The Morgan fingerprint density at radius 1 is 1.00 bits per heavy atom. The van der Waals surface area contributed by atoms with E-state index in [1.54, 1.807) is 24.3 Å². The summed E-state index contributed by atoms with van der Waals surface area (Å²) in [7, 11) is 1.51. The van der Waals surface area contributed by atoms with Crippen molar-refractivity contribution in [2.24, 2.45) is 23.7 Å². The summed E-state index contributed by atoms with van der Waals surface area (Å²) >= 11 is 0. The van der Waals surface area contributed by atoms with Crippen molar-refractivity contribution >= 4 is 23.7 Å². The van der Waals surface area contributed by atoms with Crippen molar-refractivity contribution in [3.8, 4) is 11.5 Å². The molecule has 33 heavy (non-hydrogen) atoms. The van der Waals surface area contributed by atoms with Crippen LogP contribution >= 0.6 is 0 Å². The summed E-state index contributed by atoms with van der Waals surface area (Å²) in [6, 6.07) is 12.6. The SMILES string of the molecule is COc1cccc(C(=O)Oc2ccc(C(=O)COC(=O)[C@@H]3[C@@H]4C[C@@H]5[C@H]3C(=O)O[C@@H]5C4)cc2)c1. The first-order valence-corrected chi connectivity index (χ1v) is 10.8. The van der Waals surface area contributed by atoms with Gasteiger partial charge in [0.1, 0.15) is 17.6 Å². The number of rotatable bonds is 7. The highest BCUT2D eigenvalue weighted by Crippen LogP contribution is 2.57. The van der Waals surface area contributed by atoms with E-state index in [4.69, 9.17) is 18.9 Å². The number of methoxy groups -OCH3 is 1. The summed E-state index contributed by atoms with van der Waals surface area (Å²) in [4.78, 5) is 49.5. The first-order chi connectivity index (χ1) is 15.9. The summed E-state index contributed by atoms with van der Waals surface area (Å²) in [6.45, 7) is -0.416. The smallest absolute Gasteiger partial charge is 0.343 e. The molecule has 2 saturated carbocycles. The van der Waals surface area contributed by atoms with Gasteiger partial charge in [-0.25, -0.2) is 4.79 Å². The Morgan fingerprint density at radius 3 is 2.55 bits per heavy atom. The zero-order valence-corrected chi connectivity index (χ0v) is 17.9. The van der Waals surface area contributed by atoms with Gasteiger partial charge in [0.2, 0.25) is 0 Å². The van der Waals surface area contributed by atoms with E-state index in [-0.39, 0.29) is 35.4 Å². The van der Waals surface area contributed by atoms with E-state index >= 15 is 0 Å². The molecule has 3 aliphatic rings. The maximum Gasteiger partial charge on any atom is 0.343 e. The van der Waals surface area contributed by atoms with Crippen LogP contribution in [0.5, 0.6) is 11.5 Å². The molecule has 0 unspecified atom stereocenters. The fraction of sp³-hybridized carbons (Fsp3) is 0.360. The molecule has 8 nitrogen and oxygen atoms in total. The Morgan fingerprint density at radius 2 is 1.79 bits per heavy atom. The van der Waals surface area contributed by atoms with E-state index < -0.39 is 30.4 Å². The topological polar surface area (TPSA) is 105 Å². The molecule has 170 valence electrons. The maximum atomic E-state index is 12.6. The Balaban J connectivity index is 1.16. The van der Waals surface area contributed by atoms with Gasteiger partial charge in [-0.2, -0.15) is 0 Å². The summed E-state index contributed by atoms with van der Waals surface area (Å²) in [5.74, 6) is -1.74. The lowest BCUT2D eigenvalue weighted by Crippen LogP contribution is -2.34. The number of ketones is 1. The van der Waals surface area contributed by atoms with Crippen LogP contribution in [-0.2, 0) is 19.1 Å². The lowest BCUT2D eigenvalue weighted by atomic mass is 9.80. The van der Waals surface area contributed by atoms with Gasteiger partial charge < -0.3 is 18.9 Å². The van der Waals surface area contributed by atoms with Crippen molar-refractivity contribution in [1.82, 2.24) is 0 Å². The van der Waals surface area contributed by atoms with E-state index in [2.05, 4.69) is 0 Å². The second kappa shape index (κ2) is 8.35. The van der Waals surface area contributed by atoms with Crippen LogP contribution < -0.4 is 9.47 Å². The average molecular weight is 450 g/mol. The lowest BCUT2D eigenvalue weighted by Gasteiger charge is -2.22. The first-order valence-electron chi connectivity index (χ1n) is 10.8. The maximum absolute atomic E-state index is 12.6. The van der Waals surface area contributed by atoms with Gasteiger partial charge in [0.05, 0.1) is 24.5 Å². The van der Waals surface area contributed by atoms with Crippen LogP contribution in [0, 0.1) is 23.7 Å². The molecule has 1 aliphatic heterocycles. The largest absolute Gasteiger partial charge is 0.497 e. The van der Waals surface area contributed by atoms with Crippen LogP contribution in [0.25, 0.3) is 0 Å². The normalized spacial score (nSPS) is 26.6. The third-order valence-electron chi connectivity index (χ3n) is 6.79. The third-order valence-corrected chi connectivity index (χ3v) is 6.79. The van der Waals surface area contributed by atoms with Crippen molar-refractivity contribution in [3.05, 3.63) is 59.7 Å². The zero-order chi connectivity index (χ0) is 23.1. The highest BCUT2D eigenvalue weighted by molar-refractivity contribution is 5.98. The number of Topliss-reactive ketones (excluding diaryl/α,β-unsaturated/α-hetero) is 1. The summed E-state index contributed by atoms with van der Waals surface area (Å²) in [5, 5.41) is 0. The molecule has 1 heterocycles. The van der Waals surface area contributed by atoms with Crippen LogP contribution in [0.15, 0.2) is 48.5 Å². The molecule has 0 aromatic heterocycles. The minimum atomic E-state index is -0.555. The van der Waals surface area contributed by atoms with E-state index in [1.807, 2.05) is 0 Å². The fourth-order valence-electron chi connectivity index (χ4n) is 5.27. The van der Waals surface area contributed by atoms with Crippen molar-refractivity contribution in [1.29, 1.82) is 0 Å². The van der Waals surface area contributed by atoms with Gasteiger partial charge in [0, 0.05) is 11.5 Å². The number of carbonyl (C=O) groups is 4. The molecule has 5 atom stereocenters. The molecule has 2 bridgehead atoms. The van der Waals surface area contributed by atoms with Gasteiger partial charge in [0.25, 0.3) is 0 Å². The number of esters is 3. The number of carbonyl (C=O) groups excluding carboxylic acids is 4. The lowest BCUT2D eigenvalue weighted by molar-refractivity contribution is -0.154. The highest BCUT2D eigenvalue weighted by atomic mass is 16.6. The van der Waals surface area contributed by atoms with E-state index in [0.29, 0.717) is 23.3 Å². The predicted octanol–water partition coefficient (Wildman–Crippen LogP) is 2.84. The number of hydrogen-bond acceptors (Lipinski definition) is 8. The van der Waals surface area contributed by atoms with Crippen LogP contribution in [0.4, 0.5) is 0 Å². The molecule has 5 rings (SSSR count). The number of benzene rings is 2. The van der Waals surface area contributed by atoms with Gasteiger partial charge in [-0.15, -0.1) is 0 Å². The molecule has 2 aliphatic carbocycles. The monoisotopic (exact) mass is 450 g/mol. The summed E-state index contributed by atoms with van der Waals surface area (Å²) < 4.78 is 21.0. The van der Waals surface area contributed by atoms with Crippen LogP contribution in [0.2, 0.25) is 0 Å². The van der Waals surface area contributed by atoms with Gasteiger partial charge >= 0.3 is 17.9 Å². The molecule has 0 amide bonds. The second-order valence-electron chi connectivity index (χ2n) is 8.60. The van der Waals surface area contributed by atoms with Gasteiger partial charge in [0.15, 0.2) is 12.4 Å². The van der Waals surface area contributed by atoms with E-state index in [0.717, 1.165) is 6.42 Å². The van der Waals surface area contributed by atoms with Crippen LogP contribution in [0.3, 0.4) is 0 Å². The fourth-order valence-corrected chi connectivity index (χ4v) is 5.27. The molecule has 0 radical (unpaired) electrons. The molecule has 2 aromatic rings. The first kappa shape index (κ1) is 21.2. The molecule has 0 N–H and O–H groups in total. The molecular formula is C25H22O8. The van der Waals surface area contributed by atoms with Crippen LogP contribution in [-0.4, -0.2) is 43.5 Å². The molecule has 3 fully saturated rings. The molecule has 8 heteroatoms. The quantitative estimate of drug-likeness (QED) is 0.360. The van der Waals surface area contributed by atoms with E-state index in [1.165, 1.54) is 31.4 Å². The predicted molar refractivity (Wildman–Crippen MR) is 113 cm³/mol. The van der Waals surface area contributed by atoms with Crippen molar-refractivity contribution < 1.29 is 38.1 Å². The third kappa shape index (κ3) is 3.86. The number of ether oxygens (including phenoxy) is 4. The number of fused-ring (bicyclic) bond motifs is 1. The zero-order valence-electron chi connectivity index (χ0n) is 17.9. The van der Waals surface area contributed by atoms with E-state index in [9.17, 15) is 19.2 Å². The second-order valence-corrected chi connectivity index (χ2v) is 8.60. The Labute approximate surface area is 189 Å². The highest BCUT2D eigenvalue weighted by Gasteiger charge is 2.64. The van der Waals surface area contributed by atoms with Crippen molar-refractivity contribution in [2.45, 2.75) is 18.9 Å². The minimum absolute atomic E-state index is 0.0604. The molecule has 0 spiro atoms. The minimum Gasteiger partial charge on any atom is -0.497 e. The standard InChI is InChI=1S/C25H22O8/c1-30-17-4-2-3-14(9-17)23(27)32-16-7-5-13(6-8-16)19(26)12-31-24(28)21-15-10-18-20(11-15)33-25(29)22(18)21/h2-9,15,18,20-22H,10-12H2,1H3/t15-,18+,20-,21-,22-/m1/s1. The Bertz CT molecular complexity index is 1120. The van der Waals surface area contributed by atoms with Crippen molar-refractivity contribution in [2.75, 3.05) is 13.7 Å². The Hall–Kier alpha value is -3.68. The average Bonchev–Trinajstić information content (AvgIpc) is 3.46. The van der Waals surface area contributed by atoms with Gasteiger partial charge in [-0.3, -0.25) is 14.4 Å². The molecule has 1 saturated heterocycles. The van der Waals surface area contributed by atoms with Crippen molar-refractivity contribution in [3.63, 3.8) is 0 Å². The van der Waals surface area contributed by atoms with Crippen LogP contribution in [0.1, 0.15) is 33.6 Å². The van der Waals surface area contributed by atoms with Gasteiger partial charge in [-0.1, -0.05) is 6.07 Å². The number of hydrogen-bond donors (Lipinski definition) is 0. The Kier molecular flexibility index (Phi) is 5.36. The molecule has 2 aromatic carbocycles. The summed E-state index contributed by atoms with van der Waals surface area (Å²) in [5.41, 5.74) is 0.650. The summed E-state index contributed by atoms with van der Waals surface area (Å²) in [6.07, 6.45) is 1.43. The molecular weight excluding hydrogens is 428 g/mol. The van der Waals surface area contributed by atoms with Gasteiger partial charge in [-0.05, 0) is 61.2 Å².